The van der Waals surface area contributed by atoms with E-state index < -0.39 is 70.5 Å². The minimum atomic E-state index is -4.53. The summed E-state index contributed by atoms with van der Waals surface area (Å²) >= 11 is 1.33. The molecular formula is C72H83N11O18S2. The van der Waals surface area contributed by atoms with Crippen LogP contribution in [-0.4, -0.2) is 186 Å². The number of hydrogen-bond donors (Lipinski definition) is 7. The van der Waals surface area contributed by atoms with E-state index in [9.17, 15) is 66.6 Å². The lowest BCUT2D eigenvalue weighted by Gasteiger charge is -2.69. The third-order valence-corrected chi connectivity index (χ3v) is 21.7. The van der Waals surface area contributed by atoms with Gasteiger partial charge in [0.2, 0.25) is 18.1 Å². The maximum absolute atomic E-state index is 13.9. The molecule has 13 rings (SSSR count). The zero-order valence-electron chi connectivity index (χ0n) is 57.3. The number of ether oxygens (including phenoxy) is 4. The van der Waals surface area contributed by atoms with Crippen LogP contribution in [0.1, 0.15) is 141 Å². The first-order valence-corrected chi connectivity index (χ1v) is 36.8. The molecule has 7 aliphatic rings. The molecule has 0 spiro atoms. The number of thiazole rings is 1. The SMILES string of the molecule is Cc1c(-c2ccc(N3CCc4cccc(C(=O)Nc5nc6ncccc6s5)c4C3)nc2C(=O)O)cnn1CC12CC3(C)CC(C)(C1)CC(OCCN(CCS(=O)(=O)O)C(=O)OC/C=C/c1ccc(O[C@H]4C[C@@H](O)C[C@@H](C(=O)O)O4)c(NC(=O)CCNC(=O)CCCCCN4C(=O)C=CC4=O)c1)(C3)C2. The van der Waals surface area contributed by atoms with Gasteiger partial charge in [0, 0.05) is 112 Å². The molecule has 2 aromatic carbocycles. The van der Waals surface area contributed by atoms with Gasteiger partial charge in [-0.15, -0.1) is 0 Å². The molecule has 5 atom stereocenters. The van der Waals surface area contributed by atoms with Gasteiger partial charge in [0.05, 0.1) is 40.6 Å². The van der Waals surface area contributed by atoms with Gasteiger partial charge in [-0.1, -0.05) is 55.9 Å². The Bertz CT molecular complexity index is 4410. The number of aliphatic carboxylic acids is 1. The highest BCUT2D eigenvalue weighted by molar-refractivity contribution is 7.85. The van der Waals surface area contributed by atoms with Crippen LogP contribution in [0.25, 0.3) is 27.6 Å². The monoisotopic (exact) mass is 1450 g/mol. The number of aromatic nitrogens is 5. The van der Waals surface area contributed by atoms with Crippen LogP contribution in [-0.2, 0) is 67.8 Å². The quantitative estimate of drug-likeness (QED) is 0.0127. The van der Waals surface area contributed by atoms with E-state index in [4.69, 9.17) is 29.0 Å². The van der Waals surface area contributed by atoms with Gasteiger partial charge in [-0.3, -0.25) is 43.4 Å². The van der Waals surface area contributed by atoms with Crippen LogP contribution >= 0.6 is 11.3 Å². The molecule has 7 N–H and O–H groups in total. The average Bonchev–Trinajstić information content (AvgIpc) is 0.780. The van der Waals surface area contributed by atoms with Crippen molar-refractivity contribution in [3.63, 3.8) is 0 Å². The Morgan fingerprint density at radius 3 is 2.40 bits per heavy atom. The topological polar surface area (TPSA) is 391 Å². The van der Waals surface area contributed by atoms with E-state index in [0.717, 1.165) is 58.5 Å². The number of imide groups is 1. The van der Waals surface area contributed by atoms with Crippen molar-refractivity contribution in [2.24, 2.45) is 16.2 Å². The molecular weight excluding hydrogens is 1370 g/mol. The standard InChI is InChI=1S/C72H83N11O18S2/c1-44-50(48-16-18-56(77-62(48)66(92)93)81-26-22-46-11-7-12-49(51(46)36-81)64(89)79-67-78-63-55(102-67)13-8-23-74-63)35-75-83(44)43-71-38-69(2)37-70(3,39-71)41-72(40-69,42-71)99-30-27-80(28-31-103(95,96)97)68(94)98-29-9-10-45-15-17-53(100-61-34-47(84)33-54(101-61)65(90)91)52(32-45)76-58(86)21-24-73-57(85)14-5-4-6-25-82-59(87)19-20-60(82)88/h7-13,15-20,23,32,35,47,54,61,84H,4-6,14,21-22,24-31,33-34,36-43H2,1-3H3,(H,73,85)(H,76,86)(H,90,91)(H,92,93)(H,95,96,97)(H,74,78,79,89)/b10-9+/t47-,54-,61+,69?,70?,71?,72?/m0/s1. The molecule has 29 nitrogen and oxygen atoms in total. The molecule has 4 saturated carbocycles. The number of fused-ring (bicyclic) bond motifs is 2. The van der Waals surface area contributed by atoms with Crippen LogP contribution in [0.3, 0.4) is 0 Å². The Morgan fingerprint density at radius 2 is 1.65 bits per heavy atom. The van der Waals surface area contributed by atoms with Crippen molar-refractivity contribution in [1.82, 2.24) is 39.8 Å². The molecule has 31 heteroatoms. The molecule has 3 aliphatic heterocycles. The smallest absolute Gasteiger partial charge is 0.410 e. The van der Waals surface area contributed by atoms with Crippen LogP contribution in [0.5, 0.6) is 5.75 Å². The summed E-state index contributed by atoms with van der Waals surface area (Å²) in [5.74, 6) is -4.63. The zero-order chi connectivity index (χ0) is 73.0. The Kier molecular flexibility index (Phi) is 21.6. The van der Waals surface area contributed by atoms with Gasteiger partial charge in [0.1, 0.15) is 18.2 Å². The van der Waals surface area contributed by atoms with Crippen LogP contribution < -0.4 is 25.6 Å². The van der Waals surface area contributed by atoms with Gasteiger partial charge in [-0.25, -0.2) is 24.4 Å². The van der Waals surface area contributed by atoms with Crippen LogP contribution in [0, 0.1) is 23.2 Å². The van der Waals surface area contributed by atoms with E-state index in [2.05, 4.69) is 39.8 Å². The number of carboxylic acids is 2. The fourth-order valence-electron chi connectivity index (χ4n) is 16.7. The fraction of sp³-hybridized carbons (Fsp3) is 0.472. The number of benzene rings is 2. The van der Waals surface area contributed by atoms with Crippen molar-refractivity contribution in [3.05, 3.63) is 125 Å². The number of aliphatic hydroxyl groups is 1. The first kappa shape index (κ1) is 73.2. The van der Waals surface area contributed by atoms with Crippen molar-refractivity contribution < 1.29 is 85.6 Å². The highest BCUT2D eigenvalue weighted by Gasteiger charge is 2.66. The maximum atomic E-state index is 13.9. The van der Waals surface area contributed by atoms with Gasteiger partial charge >= 0.3 is 18.0 Å². The number of nitrogens with one attached hydrogen (secondary N) is 3. The van der Waals surface area contributed by atoms with Gasteiger partial charge in [-0.05, 0) is 146 Å². The highest BCUT2D eigenvalue weighted by Crippen LogP contribution is 2.72. The summed E-state index contributed by atoms with van der Waals surface area (Å²) in [6.45, 7) is 7.32. The largest absolute Gasteiger partial charge is 0.479 e. The number of anilines is 3. The summed E-state index contributed by atoms with van der Waals surface area (Å²) in [4.78, 5) is 120. The van der Waals surface area contributed by atoms with Crippen molar-refractivity contribution in [2.75, 3.05) is 67.2 Å². The highest BCUT2D eigenvalue weighted by atomic mass is 32.2. The third kappa shape index (κ3) is 17.6. The summed E-state index contributed by atoms with van der Waals surface area (Å²) in [7, 11) is -4.53. The number of aliphatic hydroxyl groups excluding tert-OH is 1. The summed E-state index contributed by atoms with van der Waals surface area (Å²) in [6.07, 6.45) is 11.2. The van der Waals surface area contributed by atoms with Gasteiger partial charge in [-0.2, -0.15) is 18.5 Å². The number of pyridine rings is 2. The number of amides is 6. The number of unbranched alkanes of at least 4 members (excludes halogenated alkanes) is 2. The fourth-order valence-corrected chi connectivity index (χ4v) is 18.0. The minimum absolute atomic E-state index is 0.0123. The molecule has 7 heterocycles. The van der Waals surface area contributed by atoms with E-state index >= 15 is 0 Å². The number of carboxylic acid groups (broad SMARTS) is 2. The van der Waals surface area contributed by atoms with E-state index in [0.29, 0.717) is 90.6 Å². The molecule has 2 unspecified atom stereocenters. The summed E-state index contributed by atoms with van der Waals surface area (Å²) < 4.78 is 61.1. The molecule has 0 radical (unpaired) electrons. The molecule has 5 fully saturated rings. The first-order valence-electron chi connectivity index (χ1n) is 34.4. The number of hydrogen-bond acceptors (Lipinski definition) is 21. The second-order valence-electron chi connectivity index (χ2n) is 28.6. The predicted octanol–water partition coefficient (Wildman–Crippen LogP) is 8.21. The molecule has 546 valence electrons. The molecule has 6 aromatic rings. The Hall–Kier alpha value is -9.53. The van der Waals surface area contributed by atoms with E-state index in [1.54, 1.807) is 36.7 Å². The molecule has 4 aromatic heterocycles. The lowest BCUT2D eigenvalue weighted by Crippen LogP contribution is -2.64. The Labute approximate surface area is 597 Å². The second-order valence-corrected chi connectivity index (χ2v) is 31.2. The molecule has 103 heavy (non-hydrogen) atoms. The van der Waals surface area contributed by atoms with Crippen LogP contribution in [0.4, 0.5) is 21.4 Å². The number of nitrogens with zero attached hydrogens (tertiary/aromatic N) is 8. The molecule has 6 amide bonds. The van der Waals surface area contributed by atoms with Crippen molar-refractivity contribution in [1.29, 1.82) is 0 Å². The summed E-state index contributed by atoms with van der Waals surface area (Å²) in [6, 6.07) is 17.5. The number of aromatic carboxylic acids is 1. The van der Waals surface area contributed by atoms with Gasteiger partial charge < -0.3 is 54.7 Å². The average molecular weight is 1450 g/mol. The lowest BCUT2D eigenvalue weighted by atomic mass is 9.39. The number of carbonyl (C=O) groups excluding carboxylic acids is 6. The van der Waals surface area contributed by atoms with Crippen molar-refractivity contribution >= 4 is 102 Å². The van der Waals surface area contributed by atoms with Gasteiger partial charge in [0.25, 0.3) is 27.8 Å². The van der Waals surface area contributed by atoms with Crippen LogP contribution in [0.15, 0.2) is 91.3 Å². The minimum Gasteiger partial charge on any atom is -0.479 e. The summed E-state index contributed by atoms with van der Waals surface area (Å²) in [5.41, 5.74) is 3.94. The first-order chi connectivity index (χ1) is 49.1. The number of carbonyl (C=O) groups is 8. The van der Waals surface area contributed by atoms with Crippen molar-refractivity contribution in [2.45, 2.75) is 148 Å². The van der Waals surface area contributed by atoms with E-state index in [1.807, 2.05) is 46.8 Å². The molecule has 4 bridgehead atoms. The Balaban J connectivity index is 0.671. The Morgan fingerprint density at radius 1 is 0.864 bits per heavy atom. The molecule has 1 saturated heterocycles. The van der Waals surface area contributed by atoms with Gasteiger partial charge in [0.15, 0.2) is 22.6 Å². The summed E-state index contributed by atoms with van der Waals surface area (Å²) in [5, 5.41) is 44.6. The van der Waals surface area contributed by atoms with E-state index in [-0.39, 0.29) is 116 Å². The predicted molar refractivity (Wildman–Crippen MR) is 376 cm³/mol. The van der Waals surface area contributed by atoms with Crippen LogP contribution in [0.2, 0.25) is 0 Å². The maximum Gasteiger partial charge on any atom is 0.410 e. The van der Waals surface area contributed by atoms with E-state index in [1.165, 1.54) is 46.6 Å². The number of rotatable bonds is 30. The van der Waals surface area contributed by atoms with Crippen molar-refractivity contribution in [3.8, 4) is 16.9 Å². The molecule has 4 aliphatic carbocycles. The second kappa shape index (κ2) is 30.4. The lowest BCUT2D eigenvalue weighted by molar-refractivity contribution is -0.248. The third-order valence-electron chi connectivity index (χ3n) is 20.0. The normalized spacial score (nSPS) is 23.4. The zero-order valence-corrected chi connectivity index (χ0v) is 59.0.